The highest BCUT2D eigenvalue weighted by atomic mass is 16.5. The van der Waals surface area contributed by atoms with Gasteiger partial charge in [0.1, 0.15) is 11.6 Å². The molecular formula is C19H25N3O2. The van der Waals surface area contributed by atoms with Gasteiger partial charge >= 0.3 is 0 Å². The fourth-order valence-corrected chi connectivity index (χ4v) is 3.19. The number of aryl methyl sites for hydroxylation is 1. The first-order valence-corrected chi connectivity index (χ1v) is 8.76. The molecular weight excluding hydrogens is 302 g/mol. The van der Waals surface area contributed by atoms with Crippen molar-refractivity contribution < 1.29 is 9.53 Å². The number of aromatic nitrogens is 2. The Labute approximate surface area is 143 Å². The van der Waals surface area contributed by atoms with E-state index >= 15 is 0 Å². The van der Waals surface area contributed by atoms with E-state index in [4.69, 9.17) is 4.74 Å². The van der Waals surface area contributed by atoms with Gasteiger partial charge in [0.2, 0.25) is 5.91 Å². The molecule has 3 rings (SSSR count). The standard InChI is InChI=1S/C19H25N3O2/c1-15-7-2-5-10-17(15)24-14-6-11-19(23)21-18-12-13-20-22(18)16-8-3-4-9-16/h2,5,7,10,12-13,16H,3-4,6,8-9,11,14H2,1H3,(H,21,23). The molecule has 1 aromatic heterocycles. The van der Waals surface area contributed by atoms with Gasteiger partial charge in [-0.3, -0.25) is 4.79 Å². The predicted octanol–water partition coefficient (Wildman–Crippen LogP) is 4.10. The molecule has 1 N–H and O–H groups in total. The van der Waals surface area contributed by atoms with Crippen LogP contribution in [0.5, 0.6) is 5.75 Å². The number of nitrogens with zero attached hydrogens (tertiary/aromatic N) is 2. The summed E-state index contributed by atoms with van der Waals surface area (Å²) in [5, 5.41) is 7.36. The number of ether oxygens (including phenoxy) is 1. The average molecular weight is 327 g/mol. The zero-order chi connectivity index (χ0) is 16.8. The van der Waals surface area contributed by atoms with Crippen LogP contribution in [0.25, 0.3) is 0 Å². The Bertz CT molecular complexity index is 675. The van der Waals surface area contributed by atoms with Gasteiger partial charge in [-0.2, -0.15) is 5.10 Å². The largest absolute Gasteiger partial charge is 0.493 e. The van der Waals surface area contributed by atoms with Gasteiger partial charge in [0.25, 0.3) is 0 Å². The van der Waals surface area contributed by atoms with Gasteiger partial charge in [-0.15, -0.1) is 0 Å². The number of carbonyl (C=O) groups is 1. The number of benzene rings is 1. The van der Waals surface area contributed by atoms with E-state index in [0.717, 1.165) is 30.0 Å². The van der Waals surface area contributed by atoms with Gasteiger partial charge in [0.05, 0.1) is 18.8 Å². The van der Waals surface area contributed by atoms with Crippen LogP contribution < -0.4 is 10.1 Å². The van der Waals surface area contributed by atoms with E-state index in [0.29, 0.717) is 25.5 Å². The van der Waals surface area contributed by atoms with Gasteiger partial charge in [-0.05, 0) is 37.8 Å². The second-order valence-electron chi connectivity index (χ2n) is 6.36. The summed E-state index contributed by atoms with van der Waals surface area (Å²) in [7, 11) is 0. The fraction of sp³-hybridized carbons (Fsp3) is 0.474. The molecule has 1 fully saturated rings. The molecule has 5 heteroatoms. The summed E-state index contributed by atoms with van der Waals surface area (Å²) < 4.78 is 7.70. The van der Waals surface area contributed by atoms with E-state index in [1.165, 1.54) is 12.8 Å². The van der Waals surface area contributed by atoms with Crippen LogP contribution in [-0.4, -0.2) is 22.3 Å². The first kappa shape index (κ1) is 16.6. The van der Waals surface area contributed by atoms with Crippen LogP contribution in [0.2, 0.25) is 0 Å². The molecule has 1 saturated carbocycles. The lowest BCUT2D eigenvalue weighted by atomic mass is 10.2. The minimum absolute atomic E-state index is 0.0168. The molecule has 24 heavy (non-hydrogen) atoms. The molecule has 0 unspecified atom stereocenters. The number of carbonyl (C=O) groups excluding carboxylic acids is 1. The Morgan fingerprint density at radius 1 is 1.29 bits per heavy atom. The number of hydrogen-bond acceptors (Lipinski definition) is 3. The first-order chi connectivity index (χ1) is 11.7. The van der Waals surface area contributed by atoms with Gasteiger partial charge in [-0.1, -0.05) is 31.0 Å². The van der Waals surface area contributed by atoms with E-state index in [1.807, 2.05) is 41.9 Å². The molecule has 128 valence electrons. The lowest BCUT2D eigenvalue weighted by Crippen LogP contribution is -2.18. The number of hydrogen-bond donors (Lipinski definition) is 1. The third-order valence-electron chi connectivity index (χ3n) is 4.51. The highest BCUT2D eigenvalue weighted by Gasteiger charge is 2.20. The molecule has 2 aromatic rings. The maximum absolute atomic E-state index is 12.1. The van der Waals surface area contributed by atoms with Crippen molar-refractivity contribution in [2.75, 3.05) is 11.9 Å². The molecule has 0 saturated heterocycles. The number of anilines is 1. The lowest BCUT2D eigenvalue weighted by molar-refractivity contribution is -0.116. The molecule has 1 amide bonds. The maximum Gasteiger partial charge on any atom is 0.225 e. The van der Waals surface area contributed by atoms with Crippen LogP contribution in [0.1, 0.15) is 50.1 Å². The minimum atomic E-state index is 0.0168. The van der Waals surface area contributed by atoms with Crippen LogP contribution >= 0.6 is 0 Å². The van der Waals surface area contributed by atoms with Crippen molar-refractivity contribution in [3.8, 4) is 5.75 Å². The Kier molecular flexibility index (Phi) is 5.51. The van der Waals surface area contributed by atoms with Crippen molar-refractivity contribution >= 4 is 11.7 Å². The van der Waals surface area contributed by atoms with Crippen molar-refractivity contribution in [2.24, 2.45) is 0 Å². The van der Waals surface area contributed by atoms with E-state index in [1.54, 1.807) is 6.20 Å². The fourth-order valence-electron chi connectivity index (χ4n) is 3.19. The zero-order valence-corrected chi connectivity index (χ0v) is 14.2. The van der Waals surface area contributed by atoms with Crippen molar-refractivity contribution in [1.82, 2.24) is 9.78 Å². The van der Waals surface area contributed by atoms with Crippen molar-refractivity contribution in [1.29, 1.82) is 0 Å². The predicted molar refractivity (Wildman–Crippen MR) is 94.3 cm³/mol. The third-order valence-corrected chi connectivity index (χ3v) is 4.51. The van der Waals surface area contributed by atoms with Crippen molar-refractivity contribution in [2.45, 2.75) is 51.5 Å². The van der Waals surface area contributed by atoms with Gasteiger partial charge in [0.15, 0.2) is 0 Å². The molecule has 0 aliphatic heterocycles. The Hall–Kier alpha value is -2.30. The van der Waals surface area contributed by atoms with Crippen LogP contribution in [0, 0.1) is 6.92 Å². The summed E-state index contributed by atoms with van der Waals surface area (Å²) in [6, 6.07) is 10.2. The summed E-state index contributed by atoms with van der Waals surface area (Å²) in [6.45, 7) is 2.56. The Morgan fingerprint density at radius 2 is 2.08 bits per heavy atom. The SMILES string of the molecule is Cc1ccccc1OCCCC(=O)Nc1ccnn1C1CCCC1. The second kappa shape index (κ2) is 7.99. The minimum Gasteiger partial charge on any atom is -0.493 e. The monoisotopic (exact) mass is 327 g/mol. The molecule has 0 bridgehead atoms. The first-order valence-electron chi connectivity index (χ1n) is 8.76. The number of rotatable bonds is 7. The molecule has 0 spiro atoms. The van der Waals surface area contributed by atoms with Crippen LogP contribution in [0.4, 0.5) is 5.82 Å². The maximum atomic E-state index is 12.1. The lowest BCUT2D eigenvalue weighted by Gasteiger charge is -2.14. The van der Waals surface area contributed by atoms with E-state index in [-0.39, 0.29) is 5.91 Å². The molecule has 5 nitrogen and oxygen atoms in total. The van der Waals surface area contributed by atoms with E-state index < -0.39 is 0 Å². The highest BCUT2D eigenvalue weighted by Crippen LogP contribution is 2.31. The van der Waals surface area contributed by atoms with Crippen molar-refractivity contribution in [3.63, 3.8) is 0 Å². The Balaban J connectivity index is 1.43. The second-order valence-corrected chi connectivity index (χ2v) is 6.36. The molecule has 0 radical (unpaired) electrons. The quantitative estimate of drug-likeness (QED) is 0.779. The van der Waals surface area contributed by atoms with E-state index in [2.05, 4.69) is 10.4 Å². The van der Waals surface area contributed by atoms with Crippen LogP contribution in [0.3, 0.4) is 0 Å². The number of para-hydroxylation sites is 1. The van der Waals surface area contributed by atoms with Crippen LogP contribution in [-0.2, 0) is 4.79 Å². The third kappa shape index (κ3) is 4.16. The topological polar surface area (TPSA) is 56.1 Å². The van der Waals surface area contributed by atoms with Gasteiger partial charge in [-0.25, -0.2) is 4.68 Å². The average Bonchev–Trinajstić information content (AvgIpc) is 3.24. The summed E-state index contributed by atoms with van der Waals surface area (Å²) >= 11 is 0. The molecule has 1 aliphatic rings. The molecule has 0 atom stereocenters. The van der Waals surface area contributed by atoms with Gasteiger partial charge < -0.3 is 10.1 Å². The number of nitrogens with one attached hydrogen (secondary N) is 1. The number of amides is 1. The zero-order valence-electron chi connectivity index (χ0n) is 14.2. The summed E-state index contributed by atoms with van der Waals surface area (Å²) in [6.07, 6.45) is 7.68. The van der Waals surface area contributed by atoms with Crippen molar-refractivity contribution in [3.05, 3.63) is 42.1 Å². The Morgan fingerprint density at radius 3 is 2.88 bits per heavy atom. The molecule has 1 aromatic carbocycles. The molecule has 1 heterocycles. The van der Waals surface area contributed by atoms with Crippen LogP contribution in [0.15, 0.2) is 36.5 Å². The summed E-state index contributed by atoms with van der Waals surface area (Å²) in [4.78, 5) is 12.1. The van der Waals surface area contributed by atoms with Gasteiger partial charge in [0, 0.05) is 12.5 Å². The summed E-state index contributed by atoms with van der Waals surface area (Å²) in [5.74, 6) is 1.71. The highest BCUT2D eigenvalue weighted by molar-refractivity contribution is 5.89. The normalized spacial score (nSPS) is 14.7. The van der Waals surface area contributed by atoms with E-state index in [9.17, 15) is 4.79 Å². The molecule has 1 aliphatic carbocycles. The smallest absolute Gasteiger partial charge is 0.225 e. The summed E-state index contributed by atoms with van der Waals surface area (Å²) in [5.41, 5.74) is 1.11.